The number of carbonyl (C=O) groups excluding carboxylic acids is 1. The Morgan fingerprint density at radius 3 is 2.83 bits per heavy atom. The Morgan fingerprint density at radius 1 is 1.33 bits per heavy atom. The molecule has 0 N–H and O–H groups in total. The second-order valence-corrected chi connectivity index (χ2v) is 6.03. The Balaban J connectivity index is 1.67. The summed E-state index contributed by atoms with van der Waals surface area (Å²) in [7, 11) is 0. The zero-order valence-corrected chi connectivity index (χ0v) is 11.3. The number of imidazole rings is 1. The first-order valence-electron chi connectivity index (χ1n) is 6.77. The van der Waals surface area contributed by atoms with Crippen LogP contribution in [0.4, 0.5) is 0 Å². The highest BCUT2D eigenvalue weighted by molar-refractivity contribution is 7.15. The van der Waals surface area contributed by atoms with Crippen LogP contribution in [0.25, 0.3) is 4.96 Å². The number of nitrogens with zero attached hydrogens (tertiary/aromatic N) is 2. The molecule has 1 saturated carbocycles. The van der Waals surface area contributed by atoms with Crippen molar-refractivity contribution >= 4 is 22.1 Å². The minimum absolute atomic E-state index is 0.284. The van der Waals surface area contributed by atoms with Crippen LogP contribution in [0.5, 0.6) is 0 Å². The van der Waals surface area contributed by atoms with Crippen LogP contribution in [-0.2, 0) is 11.2 Å². The number of thiazole rings is 1. The van der Waals surface area contributed by atoms with Crippen molar-refractivity contribution in [3.8, 4) is 0 Å². The first-order chi connectivity index (χ1) is 8.83. The van der Waals surface area contributed by atoms with Gasteiger partial charge in [0, 0.05) is 23.7 Å². The Hall–Kier alpha value is -1.16. The molecular weight excluding hydrogens is 244 g/mol. The third-order valence-electron chi connectivity index (χ3n) is 3.81. The summed E-state index contributed by atoms with van der Waals surface area (Å²) in [6.45, 7) is 0. The van der Waals surface area contributed by atoms with Gasteiger partial charge in [0.1, 0.15) is 5.78 Å². The highest BCUT2D eigenvalue weighted by Crippen LogP contribution is 2.24. The van der Waals surface area contributed by atoms with Gasteiger partial charge in [0.05, 0.1) is 12.1 Å². The average molecular weight is 262 g/mol. The van der Waals surface area contributed by atoms with Crippen molar-refractivity contribution in [3.05, 3.63) is 23.5 Å². The molecule has 2 aromatic heterocycles. The van der Waals surface area contributed by atoms with Gasteiger partial charge < -0.3 is 0 Å². The molecule has 0 bridgehead atoms. The summed E-state index contributed by atoms with van der Waals surface area (Å²) in [5.74, 6) is 0.676. The summed E-state index contributed by atoms with van der Waals surface area (Å²) < 4.78 is 2.00. The summed E-state index contributed by atoms with van der Waals surface area (Å²) in [6, 6.07) is 0. The second kappa shape index (κ2) is 5.22. The van der Waals surface area contributed by atoms with E-state index >= 15 is 0 Å². The lowest BCUT2D eigenvalue weighted by molar-refractivity contribution is -0.122. The van der Waals surface area contributed by atoms with Crippen molar-refractivity contribution in [2.24, 2.45) is 5.92 Å². The van der Waals surface area contributed by atoms with Crippen LogP contribution in [0.3, 0.4) is 0 Å². The van der Waals surface area contributed by atoms with Crippen molar-refractivity contribution in [1.82, 2.24) is 9.38 Å². The molecule has 1 aliphatic rings. The first-order valence-corrected chi connectivity index (χ1v) is 7.65. The van der Waals surface area contributed by atoms with Gasteiger partial charge in [-0.1, -0.05) is 25.7 Å². The Kier molecular flexibility index (Phi) is 3.46. The van der Waals surface area contributed by atoms with Gasteiger partial charge in [0.15, 0.2) is 4.96 Å². The fraction of sp³-hybridized carbons (Fsp3) is 0.571. The zero-order chi connectivity index (χ0) is 12.4. The fourth-order valence-electron chi connectivity index (χ4n) is 2.79. The van der Waals surface area contributed by atoms with Crippen molar-refractivity contribution in [2.75, 3.05) is 0 Å². The largest absolute Gasteiger partial charge is 0.299 e. The lowest BCUT2D eigenvalue weighted by atomic mass is 9.93. The van der Waals surface area contributed by atoms with Gasteiger partial charge in [0.2, 0.25) is 0 Å². The maximum Gasteiger partial charge on any atom is 0.193 e. The number of aromatic nitrogens is 2. The van der Waals surface area contributed by atoms with Gasteiger partial charge in [0.25, 0.3) is 0 Å². The van der Waals surface area contributed by atoms with Crippen molar-refractivity contribution in [1.29, 1.82) is 0 Å². The topological polar surface area (TPSA) is 34.4 Å². The maximum absolute atomic E-state index is 12.3. The number of hydrogen-bond acceptors (Lipinski definition) is 3. The van der Waals surface area contributed by atoms with E-state index in [1.165, 1.54) is 25.7 Å². The molecule has 0 aromatic carbocycles. The summed E-state index contributed by atoms with van der Waals surface area (Å²) in [6.07, 6.45) is 11.7. The van der Waals surface area contributed by atoms with Gasteiger partial charge in [-0.05, 0) is 12.8 Å². The molecule has 1 fully saturated rings. The van der Waals surface area contributed by atoms with E-state index in [0.29, 0.717) is 12.2 Å². The SMILES string of the molecule is O=C(Cc1cn2ccsc2n1)C1CCCCCC1. The lowest BCUT2D eigenvalue weighted by Gasteiger charge is -2.11. The van der Waals surface area contributed by atoms with Crippen LogP contribution < -0.4 is 0 Å². The Labute approximate surface area is 111 Å². The zero-order valence-electron chi connectivity index (χ0n) is 10.5. The molecule has 3 rings (SSSR count). The van der Waals surface area contributed by atoms with Crippen LogP contribution in [0, 0.1) is 5.92 Å². The number of carbonyl (C=O) groups is 1. The predicted octanol–water partition coefficient (Wildman–Crippen LogP) is 3.48. The molecular formula is C14H18N2OS. The van der Waals surface area contributed by atoms with Crippen molar-refractivity contribution in [3.63, 3.8) is 0 Å². The standard InChI is InChI=1S/C14H18N2OS/c17-13(11-5-3-1-2-4-6-11)9-12-10-16-7-8-18-14(16)15-12/h7-8,10-11H,1-6,9H2. The smallest absolute Gasteiger partial charge is 0.193 e. The van der Waals surface area contributed by atoms with E-state index in [-0.39, 0.29) is 5.92 Å². The number of hydrogen-bond donors (Lipinski definition) is 0. The van der Waals surface area contributed by atoms with Crippen LogP contribution in [0.2, 0.25) is 0 Å². The third-order valence-corrected chi connectivity index (χ3v) is 4.58. The molecule has 0 aliphatic heterocycles. The predicted molar refractivity (Wildman–Crippen MR) is 73.0 cm³/mol. The molecule has 0 amide bonds. The number of ketones is 1. The van der Waals surface area contributed by atoms with Gasteiger partial charge in [-0.2, -0.15) is 0 Å². The van der Waals surface area contributed by atoms with Gasteiger partial charge in [-0.3, -0.25) is 9.20 Å². The molecule has 96 valence electrons. The summed E-state index contributed by atoms with van der Waals surface area (Å²) in [5, 5.41) is 2.01. The monoisotopic (exact) mass is 262 g/mol. The highest BCUT2D eigenvalue weighted by atomic mass is 32.1. The lowest BCUT2D eigenvalue weighted by Crippen LogP contribution is -2.16. The molecule has 1 aliphatic carbocycles. The van der Waals surface area contributed by atoms with E-state index in [1.54, 1.807) is 11.3 Å². The van der Waals surface area contributed by atoms with E-state index in [9.17, 15) is 4.79 Å². The quantitative estimate of drug-likeness (QED) is 0.794. The number of Topliss-reactive ketones (excluding diaryl/α,β-unsaturated/α-hetero) is 1. The van der Waals surface area contributed by atoms with Gasteiger partial charge in [-0.15, -0.1) is 11.3 Å². The fourth-order valence-corrected chi connectivity index (χ4v) is 3.50. The molecule has 2 aromatic rings. The maximum atomic E-state index is 12.3. The molecule has 0 unspecified atom stereocenters. The van der Waals surface area contributed by atoms with Gasteiger partial charge in [-0.25, -0.2) is 4.98 Å². The highest BCUT2D eigenvalue weighted by Gasteiger charge is 2.21. The van der Waals surface area contributed by atoms with Gasteiger partial charge >= 0.3 is 0 Å². The summed E-state index contributed by atoms with van der Waals surface area (Å²) in [5.41, 5.74) is 0.927. The van der Waals surface area contributed by atoms with Crippen LogP contribution in [0.1, 0.15) is 44.2 Å². The van der Waals surface area contributed by atoms with E-state index in [2.05, 4.69) is 4.98 Å². The minimum atomic E-state index is 0.284. The Bertz CT molecular complexity index is 506. The van der Waals surface area contributed by atoms with Crippen LogP contribution >= 0.6 is 11.3 Å². The molecule has 2 heterocycles. The van der Waals surface area contributed by atoms with E-state index in [4.69, 9.17) is 0 Å². The molecule has 3 nitrogen and oxygen atoms in total. The minimum Gasteiger partial charge on any atom is -0.299 e. The summed E-state index contributed by atoms with van der Waals surface area (Å²) in [4.78, 5) is 17.7. The van der Waals surface area contributed by atoms with E-state index < -0.39 is 0 Å². The molecule has 0 atom stereocenters. The normalized spacial score (nSPS) is 18.0. The number of rotatable bonds is 3. The van der Waals surface area contributed by atoms with E-state index in [1.807, 2.05) is 22.2 Å². The Morgan fingerprint density at radius 2 is 2.11 bits per heavy atom. The molecule has 4 heteroatoms. The van der Waals surface area contributed by atoms with Crippen LogP contribution in [-0.4, -0.2) is 15.2 Å². The van der Waals surface area contributed by atoms with Crippen molar-refractivity contribution in [2.45, 2.75) is 44.9 Å². The first kappa shape index (κ1) is 11.9. The van der Waals surface area contributed by atoms with Crippen molar-refractivity contribution < 1.29 is 4.79 Å². The molecule has 0 radical (unpaired) electrons. The second-order valence-electron chi connectivity index (χ2n) is 5.16. The molecule has 0 spiro atoms. The average Bonchev–Trinajstić information content (AvgIpc) is 2.80. The molecule has 0 saturated heterocycles. The third kappa shape index (κ3) is 2.48. The summed E-state index contributed by atoms with van der Waals surface area (Å²) >= 11 is 1.61. The van der Waals surface area contributed by atoms with Crippen LogP contribution in [0.15, 0.2) is 17.8 Å². The number of fused-ring (bicyclic) bond motifs is 1. The molecule has 18 heavy (non-hydrogen) atoms. The van der Waals surface area contributed by atoms with E-state index in [0.717, 1.165) is 23.5 Å².